The predicted molar refractivity (Wildman–Crippen MR) is 137 cm³/mol. The van der Waals surface area contributed by atoms with Gasteiger partial charge in [-0.05, 0) is 55.5 Å². The Hall–Kier alpha value is -4.17. The second kappa shape index (κ2) is 10.8. The molecule has 1 amide bonds. The van der Waals surface area contributed by atoms with Crippen LogP contribution in [0.25, 0.3) is 16.9 Å². The lowest BCUT2D eigenvalue weighted by Gasteiger charge is -2.19. The molecule has 190 valence electrons. The highest BCUT2D eigenvalue weighted by atomic mass is 35.5. The predicted octanol–water partition coefficient (Wildman–Crippen LogP) is 6.71. The van der Waals surface area contributed by atoms with Gasteiger partial charge in [-0.3, -0.25) is 4.79 Å². The highest BCUT2D eigenvalue weighted by Gasteiger charge is 2.23. The summed E-state index contributed by atoms with van der Waals surface area (Å²) in [7, 11) is 1.26. The van der Waals surface area contributed by atoms with Crippen molar-refractivity contribution in [2.24, 2.45) is 0 Å². The number of ether oxygens (including phenoxy) is 2. The Morgan fingerprint density at radius 1 is 1.03 bits per heavy atom. The van der Waals surface area contributed by atoms with E-state index in [0.717, 1.165) is 11.8 Å². The summed E-state index contributed by atoms with van der Waals surface area (Å²) in [5.41, 5.74) is 2.90. The van der Waals surface area contributed by atoms with Crippen LogP contribution in [0.2, 0.25) is 5.02 Å². The summed E-state index contributed by atoms with van der Waals surface area (Å²) in [5, 5.41) is 3.09. The number of halogens is 3. The van der Waals surface area contributed by atoms with Crippen LogP contribution in [0.15, 0.2) is 66.7 Å². The van der Waals surface area contributed by atoms with Gasteiger partial charge in [-0.15, -0.1) is 0 Å². The number of anilines is 1. The normalized spacial score (nSPS) is 10.8. The molecule has 4 rings (SSSR count). The van der Waals surface area contributed by atoms with E-state index in [1.54, 1.807) is 41.0 Å². The number of amides is 1. The van der Waals surface area contributed by atoms with Crippen molar-refractivity contribution >= 4 is 29.2 Å². The minimum Gasteiger partial charge on any atom is -0.488 e. The van der Waals surface area contributed by atoms with E-state index in [1.807, 2.05) is 19.1 Å². The molecule has 0 unspecified atom stereocenters. The summed E-state index contributed by atoms with van der Waals surface area (Å²) in [6, 6.07) is 17.5. The maximum Gasteiger partial charge on any atom is 0.342 e. The van der Waals surface area contributed by atoms with Crippen LogP contribution in [0.1, 0.15) is 28.5 Å². The fourth-order valence-electron chi connectivity index (χ4n) is 4.05. The standard InChI is InChI=1S/C28H23ClF2N2O4/c1-16-10-12-23(33(16)24-9-5-8-22(32-17(2)34)26(24)28(35)36-3)20-14-19(29)11-13-25(20)37-15-18-6-4-7-21(30)27(18)31/h4-14H,15H2,1-3H3,(H,32,34). The second-order valence-corrected chi connectivity index (χ2v) is 8.65. The summed E-state index contributed by atoms with van der Waals surface area (Å²) in [4.78, 5) is 24.6. The van der Waals surface area contributed by atoms with Gasteiger partial charge < -0.3 is 19.4 Å². The van der Waals surface area contributed by atoms with Crippen LogP contribution < -0.4 is 10.1 Å². The van der Waals surface area contributed by atoms with Gasteiger partial charge in [0.25, 0.3) is 0 Å². The summed E-state index contributed by atoms with van der Waals surface area (Å²) in [6.07, 6.45) is 0. The van der Waals surface area contributed by atoms with E-state index in [2.05, 4.69) is 5.32 Å². The Balaban J connectivity index is 1.85. The van der Waals surface area contributed by atoms with Gasteiger partial charge in [0.05, 0.1) is 24.2 Å². The monoisotopic (exact) mass is 524 g/mol. The van der Waals surface area contributed by atoms with Crippen LogP contribution in [-0.2, 0) is 16.1 Å². The van der Waals surface area contributed by atoms with Crippen LogP contribution in [0.5, 0.6) is 5.75 Å². The van der Waals surface area contributed by atoms with E-state index in [0.29, 0.717) is 33.4 Å². The van der Waals surface area contributed by atoms with Gasteiger partial charge in [0.2, 0.25) is 5.91 Å². The van der Waals surface area contributed by atoms with Crippen molar-refractivity contribution in [2.75, 3.05) is 12.4 Å². The van der Waals surface area contributed by atoms with E-state index in [-0.39, 0.29) is 23.6 Å². The molecule has 0 saturated heterocycles. The number of aromatic nitrogens is 1. The highest BCUT2D eigenvalue weighted by Crippen LogP contribution is 2.38. The van der Waals surface area contributed by atoms with Crippen molar-refractivity contribution in [3.63, 3.8) is 0 Å². The minimum absolute atomic E-state index is 0.0587. The van der Waals surface area contributed by atoms with E-state index in [9.17, 15) is 18.4 Å². The molecule has 37 heavy (non-hydrogen) atoms. The maximum atomic E-state index is 14.2. The van der Waals surface area contributed by atoms with Gasteiger partial charge >= 0.3 is 5.97 Å². The van der Waals surface area contributed by atoms with Crippen molar-refractivity contribution in [3.8, 4) is 22.7 Å². The Morgan fingerprint density at radius 3 is 2.51 bits per heavy atom. The molecule has 0 saturated carbocycles. The first-order valence-electron chi connectivity index (χ1n) is 11.2. The lowest BCUT2D eigenvalue weighted by Crippen LogP contribution is -2.15. The number of benzene rings is 3. The van der Waals surface area contributed by atoms with Crippen LogP contribution >= 0.6 is 11.6 Å². The average molecular weight is 525 g/mol. The van der Waals surface area contributed by atoms with Crippen LogP contribution in [0.4, 0.5) is 14.5 Å². The number of hydrogen-bond donors (Lipinski definition) is 1. The zero-order valence-corrected chi connectivity index (χ0v) is 21.0. The third-order valence-electron chi connectivity index (χ3n) is 5.69. The molecule has 0 radical (unpaired) electrons. The Bertz CT molecular complexity index is 1500. The number of rotatable bonds is 7. The summed E-state index contributed by atoms with van der Waals surface area (Å²) >= 11 is 6.33. The molecule has 0 fully saturated rings. The zero-order valence-electron chi connectivity index (χ0n) is 20.3. The lowest BCUT2D eigenvalue weighted by atomic mass is 10.1. The zero-order chi connectivity index (χ0) is 26.7. The highest BCUT2D eigenvalue weighted by molar-refractivity contribution is 6.31. The summed E-state index contributed by atoms with van der Waals surface area (Å²) < 4.78 is 40.6. The first-order valence-corrected chi connectivity index (χ1v) is 11.6. The van der Waals surface area contributed by atoms with Crippen LogP contribution in [0, 0.1) is 18.6 Å². The van der Waals surface area contributed by atoms with Crippen molar-refractivity contribution in [3.05, 3.63) is 100 Å². The van der Waals surface area contributed by atoms with E-state index >= 15 is 0 Å². The largest absolute Gasteiger partial charge is 0.488 e. The number of nitrogens with zero attached hydrogens (tertiary/aromatic N) is 1. The van der Waals surface area contributed by atoms with Gasteiger partial charge in [-0.1, -0.05) is 29.8 Å². The fourth-order valence-corrected chi connectivity index (χ4v) is 4.22. The smallest absolute Gasteiger partial charge is 0.342 e. The first-order chi connectivity index (χ1) is 17.7. The number of esters is 1. The molecule has 3 aromatic carbocycles. The van der Waals surface area contributed by atoms with Crippen molar-refractivity contribution in [2.45, 2.75) is 20.5 Å². The van der Waals surface area contributed by atoms with Crippen LogP contribution in [0.3, 0.4) is 0 Å². The summed E-state index contributed by atoms with van der Waals surface area (Å²) in [5.74, 6) is -2.56. The van der Waals surface area contributed by atoms with Gasteiger partial charge in [0.15, 0.2) is 11.6 Å². The quantitative estimate of drug-likeness (QED) is 0.273. The molecule has 6 nitrogen and oxygen atoms in total. The Kier molecular flexibility index (Phi) is 7.59. The van der Waals surface area contributed by atoms with E-state index < -0.39 is 17.6 Å². The Labute approximate surface area is 217 Å². The Morgan fingerprint density at radius 2 is 1.78 bits per heavy atom. The molecule has 0 aliphatic heterocycles. The molecule has 9 heteroatoms. The lowest BCUT2D eigenvalue weighted by molar-refractivity contribution is -0.114. The summed E-state index contributed by atoms with van der Waals surface area (Å²) in [6.45, 7) is 2.98. The van der Waals surface area contributed by atoms with Gasteiger partial charge in [-0.25, -0.2) is 13.6 Å². The van der Waals surface area contributed by atoms with E-state index in [1.165, 1.54) is 26.2 Å². The molecule has 1 heterocycles. The number of hydrogen-bond acceptors (Lipinski definition) is 4. The minimum atomic E-state index is -0.977. The molecule has 0 bridgehead atoms. The number of nitrogens with one attached hydrogen (secondary N) is 1. The number of methoxy groups -OCH3 is 1. The van der Waals surface area contributed by atoms with Crippen molar-refractivity contribution in [1.82, 2.24) is 4.57 Å². The number of aryl methyl sites for hydroxylation is 1. The van der Waals surface area contributed by atoms with E-state index in [4.69, 9.17) is 21.1 Å². The number of carbonyl (C=O) groups excluding carboxylic acids is 2. The van der Waals surface area contributed by atoms with Crippen molar-refractivity contribution in [1.29, 1.82) is 0 Å². The SMILES string of the molecule is COC(=O)c1c(NC(C)=O)cccc1-n1c(C)ccc1-c1cc(Cl)ccc1OCc1cccc(F)c1F. The third kappa shape index (κ3) is 5.34. The molecule has 1 N–H and O–H groups in total. The second-order valence-electron chi connectivity index (χ2n) is 8.21. The van der Waals surface area contributed by atoms with Gasteiger partial charge in [0, 0.05) is 28.8 Å². The van der Waals surface area contributed by atoms with Gasteiger partial charge in [-0.2, -0.15) is 0 Å². The maximum absolute atomic E-state index is 14.2. The molecule has 0 atom stereocenters. The molecule has 1 aromatic heterocycles. The molecule has 0 aliphatic carbocycles. The van der Waals surface area contributed by atoms with Crippen molar-refractivity contribution < 1.29 is 27.8 Å². The molecular weight excluding hydrogens is 502 g/mol. The fraction of sp³-hybridized carbons (Fsp3) is 0.143. The topological polar surface area (TPSA) is 69.6 Å². The average Bonchev–Trinajstić information content (AvgIpc) is 3.25. The molecule has 0 spiro atoms. The molecule has 0 aliphatic rings. The van der Waals surface area contributed by atoms with Crippen LogP contribution in [-0.4, -0.2) is 23.6 Å². The first kappa shape index (κ1) is 25.9. The number of carbonyl (C=O) groups is 2. The molecular formula is C28H23ClF2N2O4. The molecule has 4 aromatic rings. The van der Waals surface area contributed by atoms with Gasteiger partial charge in [0.1, 0.15) is 17.9 Å². The third-order valence-corrected chi connectivity index (χ3v) is 5.93.